The Bertz CT molecular complexity index is 1190. The van der Waals surface area contributed by atoms with E-state index in [2.05, 4.69) is 41.2 Å². The molecule has 0 radical (unpaired) electrons. The number of hydrogen-bond donors (Lipinski definition) is 2. The molecule has 174 valence electrons. The molecule has 5 rings (SSSR count). The monoisotopic (exact) mass is 469 g/mol. The molecule has 2 aliphatic rings. The number of carbonyl (C=O) groups is 1. The first-order valence-electron chi connectivity index (χ1n) is 11.5. The predicted molar refractivity (Wildman–Crippen MR) is 128 cm³/mol. The topological polar surface area (TPSA) is 57.4 Å². The highest BCUT2D eigenvalue weighted by Crippen LogP contribution is 2.49. The van der Waals surface area contributed by atoms with Gasteiger partial charge in [-0.05, 0) is 42.2 Å². The van der Waals surface area contributed by atoms with Crippen molar-refractivity contribution in [1.82, 2.24) is 15.2 Å². The van der Waals surface area contributed by atoms with Crippen molar-refractivity contribution in [2.45, 2.75) is 63.3 Å². The summed E-state index contributed by atoms with van der Waals surface area (Å²) in [6, 6.07) is 13.1. The van der Waals surface area contributed by atoms with E-state index in [4.69, 9.17) is 16.3 Å². The van der Waals surface area contributed by atoms with Crippen molar-refractivity contribution in [2.24, 2.45) is 0 Å². The van der Waals surface area contributed by atoms with Crippen LogP contribution in [0.3, 0.4) is 0 Å². The molecular formula is C26H29ClFN3O2. The van der Waals surface area contributed by atoms with E-state index in [0.717, 1.165) is 35.0 Å². The fourth-order valence-corrected chi connectivity index (χ4v) is 5.92. The maximum Gasteiger partial charge on any atom is 0.323 e. The number of hydrogen-bond acceptors (Lipinski definition) is 4. The molecule has 1 saturated heterocycles. The van der Waals surface area contributed by atoms with Gasteiger partial charge in [0, 0.05) is 41.1 Å². The number of ether oxygens (including phenoxy) is 1. The van der Waals surface area contributed by atoms with E-state index < -0.39 is 11.9 Å². The molecule has 2 aromatic carbocycles. The standard InChI is InChI=1S/C26H29ClFN3O2/c1-14(2)29-16-11-22(15-8-9-19(27)20(28)10-15)31-23(12-16)25-18(13-24(31)26(32)33-3)17-6-4-5-7-21(17)30-25/h4-10,14,16,22-24,29-30H,11-13H2,1-3H3/t16-,22-,23-,24-/m0/s1. The molecule has 1 fully saturated rings. The van der Waals surface area contributed by atoms with Crippen LogP contribution in [0.15, 0.2) is 42.5 Å². The van der Waals surface area contributed by atoms with E-state index in [1.807, 2.05) is 18.2 Å². The summed E-state index contributed by atoms with van der Waals surface area (Å²) in [4.78, 5) is 18.9. The molecule has 0 saturated carbocycles. The van der Waals surface area contributed by atoms with Crippen LogP contribution in [0.2, 0.25) is 5.02 Å². The maximum absolute atomic E-state index is 14.5. The second-order valence-electron chi connectivity index (χ2n) is 9.45. The lowest BCUT2D eigenvalue weighted by Gasteiger charge is -2.51. The Hall–Kier alpha value is -2.41. The second-order valence-corrected chi connectivity index (χ2v) is 9.86. The fourth-order valence-electron chi connectivity index (χ4n) is 5.80. The molecule has 0 unspecified atom stereocenters. The highest BCUT2D eigenvalue weighted by Gasteiger charge is 2.48. The molecule has 33 heavy (non-hydrogen) atoms. The van der Waals surface area contributed by atoms with Crippen LogP contribution in [0.25, 0.3) is 10.9 Å². The lowest BCUT2D eigenvalue weighted by atomic mass is 9.79. The van der Waals surface area contributed by atoms with Crippen molar-refractivity contribution >= 4 is 28.5 Å². The number of aromatic nitrogens is 1. The SMILES string of the molecule is COC(=O)[C@@H]1Cc2c([nH]c3ccccc23)[C@@H]2C[C@@H](NC(C)C)C[C@@H](c3ccc(Cl)c(F)c3)N12. The number of aromatic amines is 1. The second kappa shape index (κ2) is 8.75. The number of fused-ring (bicyclic) bond motifs is 5. The van der Waals surface area contributed by atoms with Gasteiger partial charge in [-0.3, -0.25) is 9.69 Å². The summed E-state index contributed by atoms with van der Waals surface area (Å²) in [6.45, 7) is 4.27. The first-order valence-corrected chi connectivity index (χ1v) is 11.9. The van der Waals surface area contributed by atoms with Crippen LogP contribution < -0.4 is 5.32 Å². The minimum absolute atomic E-state index is 0.0287. The van der Waals surface area contributed by atoms with Gasteiger partial charge in [-0.1, -0.05) is 49.7 Å². The maximum atomic E-state index is 14.5. The Labute approximate surface area is 198 Å². The number of esters is 1. The van der Waals surface area contributed by atoms with Gasteiger partial charge in [0.2, 0.25) is 0 Å². The Kier molecular flexibility index (Phi) is 5.93. The number of carbonyl (C=O) groups excluding carboxylic acids is 1. The fraction of sp³-hybridized carbons (Fsp3) is 0.423. The molecule has 3 aromatic rings. The highest BCUT2D eigenvalue weighted by atomic mass is 35.5. The molecule has 1 aromatic heterocycles. The summed E-state index contributed by atoms with van der Waals surface area (Å²) in [5.74, 6) is -0.701. The number of piperidine rings is 1. The number of rotatable bonds is 4. The van der Waals surface area contributed by atoms with Gasteiger partial charge in [0.15, 0.2) is 0 Å². The van der Waals surface area contributed by atoms with E-state index in [9.17, 15) is 9.18 Å². The number of benzene rings is 2. The lowest BCUT2D eigenvalue weighted by molar-refractivity contribution is -0.152. The van der Waals surface area contributed by atoms with Gasteiger partial charge in [0.25, 0.3) is 0 Å². The Morgan fingerprint density at radius 1 is 1.21 bits per heavy atom. The van der Waals surface area contributed by atoms with E-state index in [1.165, 1.54) is 18.7 Å². The molecule has 2 aliphatic heterocycles. The zero-order valence-electron chi connectivity index (χ0n) is 19.1. The van der Waals surface area contributed by atoms with Crippen LogP contribution in [-0.4, -0.2) is 41.1 Å². The average Bonchev–Trinajstić information content (AvgIpc) is 3.18. The Morgan fingerprint density at radius 2 is 1.97 bits per heavy atom. The quantitative estimate of drug-likeness (QED) is 0.509. The molecule has 4 atom stereocenters. The number of halogens is 2. The lowest BCUT2D eigenvalue weighted by Crippen LogP contribution is -2.56. The molecule has 3 heterocycles. The highest BCUT2D eigenvalue weighted by molar-refractivity contribution is 6.30. The van der Waals surface area contributed by atoms with E-state index in [-0.39, 0.29) is 29.1 Å². The van der Waals surface area contributed by atoms with Gasteiger partial charge in [-0.15, -0.1) is 0 Å². The summed E-state index contributed by atoms with van der Waals surface area (Å²) in [7, 11) is 1.44. The number of H-pyrrole nitrogens is 1. The molecule has 0 bridgehead atoms. The molecule has 7 heteroatoms. The number of nitrogens with one attached hydrogen (secondary N) is 2. The molecule has 2 N–H and O–H groups in total. The van der Waals surface area contributed by atoms with Gasteiger partial charge in [0.1, 0.15) is 11.9 Å². The first kappa shape index (κ1) is 22.4. The number of nitrogens with zero attached hydrogens (tertiary/aromatic N) is 1. The van der Waals surface area contributed by atoms with Crippen molar-refractivity contribution in [3.8, 4) is 0 Å². The van der Waals surface area contributed by atoms with Crippen molar-refractivity contribution < 1.29 is 13.9 Å². The van der Waals surface area contributed by atoms with Crippen molar-refractivity contribution in [3.05, 3.63) is 70.1 Å². The molecule has 0 spiro atoms. The molecule has 5 nitrogen and oxygen atoms in total. The van der Waals surface area contributed by atoms with Crippen molar-refractivity contribution in [3.63, 3.8) is 0 Å². The van der Waals surface area contributed by atoms with Crippen molar-refractivity contribution in [1.29, 1.82) is 0 Å². The van der Waals surface area contributed by atoms with Gasteiger partial charge in [-0.2, -0.15) is 0 Å². The zero-order valence-corrected chi connectivity index (χ0v) is 19.8. The van der Waals surface area contributed by atoms with Gasteiger partial charge in [0.05, 0.1) is 18.2 Å². The minimum atomic E-state index is -0.449. The van der Waals surface area contributed by atoms with Crippen LogP contribution in [-0.2, 0) is 16.0 Å². The number of para-hydroxylation sites is 1. The molecule has 0 amide bonds. The Morgan fingerprint density at radius 3 is 2.70 bits per heavy atom. The molecular weight excluding hydrogens is 441 g/mol. The van der Waals surface area contributed by atoms with Crippen LogP contribution in [0.4, 0.5) is 4.39 Å². The zero-order chi connectivity index (χ0) is 23.3. The van der Waals surface area contributed by atoms with Gasteiger partial charge in [-0.25, -0.2) is 4.39 Å². The van der Waals surface area contributed by atoms with Gasteiger partial charge >= 0.3 is 5.97 Å². The van der Waals surface area contributed by atoms with E-state index in [0.29, 0.717) is 12.5 Å². The van der Waals surface area contributed by atoms with Crippen LogP contribution >= 0.6 is 11.6 Å². The Balaban J connectivity index is 1.67. The summed E-state index contributed by atoms with van der Waals surface area (Å²) < 4.78 is 19.8. The molecule has 0 aliphatic carbocycles. The van der Waals surface area contributed by atoms with Crippen LogP contribution in [0.5, 0.6) is 0 Å². The van der Waals surface area contributed by atoms with E-state index in [1.54, 1.807) is 6.07 Å². The number of methoxy groups -OCH3 is 1. The van der Waals surface area contributed by atoms with Gasteiger partial charge < -0.3 is 15.0 Å². The predicted octanol–water partition coefficient (Wildman–Crippen LogP) is 5.30. The largest absolute Gasteiger partial charge is 0.468 e. The van der Waals surface area contributed by atoms with Crippen LogP contribution in [0.1, 0.15) is 55.6 Å². The average molecular weight is 470 g/mol. The summed E-state index contributed by atoms with van der Waals surface area (Å²) >= 11 is 5.99. The summed E-state index contributed by atoms with van der Waals surface area (Å²) in [5, 5.41) is 4.93. The van der Waals surface area contributed by atoms with Crippen molar-refractivity contribution in [2.75, 3.05) is 7.11 Å². The first-order chi connectivity index (χ1) is 15.9. The third kappa shape index (κ3) is 3.94. The van der Waals surface area contributed by atoms with E-state index >= 15 is 0 Å². The smallest absolute Gasteiger partial charge is 0.323 e. The summed E-state index contributed by atoms with van der Waals surface area (Å²) in [6.07, 6.45) is 2.16. The third-order valence-corrected chi connectivity index (χ3v) is 7.35. The minimum Gasteiger partial charge on any atom is -0.468 e. The summed E-state index contributed by atoms with van der Waals surface area (Å²) in [5.41, 5.74) is 4.21. The normalized spacial score (nSPS) is 25.2. The third-order valence-electron chi connectivity index (χ3n) is 7.04. The van der Waals surface area contributed by atoms with Crippen LogP contribution in [0, 0.1) is 5.82 Å².